The molecule has 4 atom stereocenters. The van der Waals surface area contributed by atoms with Crippen molar-refractivity contribution in [3.63, 3.8) is 0 Å². The number of benzene rings is 1. The number of hydrogen-bond acceptors (Lipinski definition) is 9. The molecule has 0 bridgehead atoms. The van der Waals surface area contributed by atoms with E-state index in [2.05, 4.69) is 19.9 Å². The van der Waals surface area contributed by atoms with Crippen molar-refractivity contribution in [1.82, 2.24) is 15.2 Å². The fourth-order valence-corrected chi connectivity index (χ4v) is 1.91. The van der Waals surface area contributed by atoms with Gasteiger partial charge in [-0.05, 0) is 19.1 Å². The summed E-state index contributed by atoms with van der Waals surface area (Å²) in [5.74, 6) is -1.35. The molecule has 0 saturated heterocycles. The molecule has 9 heteroatoms. The van der Waals surface area contributed by atoms with E-state index in [-0.39, 0.29) is 12.4 Å². The summed E-state index contributed by atoms with van der Waals surface area (Å²) in [6, 6.07) is 6.75. The third-order valence-electron chi connectivity index (χ3n) is 3.17. The second kappa shape index (κ2) is 7.38. The Kier molecular flexibility index (Phi) is 5.50. The minimum atomic E-state index is -2.01. The highest BCUT2D eigenvalue weighted by Crippen LogP contribution is 2.19. The lowest BCUT2D eigenvalue weighted by atomic mass is 10.0. The summed E-state index contributed by atoms with van der Waals surface area (Å²) in [5.41, 5.74) is 0.925. The van der Waals surface area contributed by atoms with Crippen LogP contribution in [0.25, 0.3) is 11.0 Å². The van der Waals surface area contributed by atoms with Crippen LogP contribution in [0.1, 0.15) is 18.9 Å². The van der Waals surface area contributed by atoms with Crippen LogP contribution in [0.5, 0.6) is 0 Å². The lowest BCUT2D eigenvalue weighted by Gasteiger charge is -2.24. The molecule has 0 radical (unpaired) electrons. The van der Waals surface area contributed by atoms with Crippen LogP contribution in [0.2, 0.25) is 0 Å². The number of nitrogens with zero attached hydrogens (tertiary/aromatic N) is 3. The number of para-hydroxylation sites is 1. The van der Waals surface area contributed by atoms with Gasteiger partial charge in [0.05, 0.1) is 12.1 Å². The number of ether oxygens (including phenoxy) is 1. The van der Waals surface area contributed by atoms with Gasteiger partial charge in [0.15, 0.2) is 11.9 Å². The Hall–Kier alpha value is -2.20. The average Bonchev–Trinajstić information content (AvgIpc) is 2.58. The lowest BCUT2D eigenvalue weighted by Crippen LogP contribution is -2.45. The summed E-state index contributed by atoms with van der Waals surface area (Å²) in [5, 5.41) is 46.9. The van der Waals surface area contributed by atoms with Crippen LogP contribution in [-0.4, -0.2) is 66.5 Å². The van der Waals surface area contributed by atoms with Gasteiger partial charge in [-0.1, -0.05) is 12.1 Å². The Morgan fingerprint density at radius 3 is 2.39 bits per heavy atom. The topological polar surface area (TPSA) is 146 Å². The van der Waals surface area contributed by atoms with Gasteiger partial charge in [-0.3, -0.25) is 0 Å². The van der Waals surface area contributed by atoms with Crippen LogP contribution < -0.4 is 0 Å². The molecule has 0 fully saturated rings. The van der Waals surface area contributed by atoms with E-state index in [9.17, 15) is 25.2 Å². The Morgan fingerprint density at radius 1 is 1.09 bits per heavy atom. The van der Waals surface area contributed by atoms with Crippen molar-refractivity contribution in [2.45, 2.75) is 31.3 Å². The number of aliphatic hydroxyl groups is 4. The number of rotatable bonds is 6. The molecule has 4 unspecified atom stereocenters. The molecule has 9 nitrogen and oxygen atoms in total. The van der Waals surface area contributed by atoms with Crippen LogP contribution in [-0.2, 0) is 9.53 Å². The first-order chi connectivity index (χ1) is 11.0. The maximum atomic E-state index is 11.4. The van der Waals surface area contributed by atoms with Gasteiger partial charge in [0.1, 0.15) is 23.8 Å². The first-order valence-corrected chi connectivity index (χ1v) is 6.94. The summed E-state index contributed by atoms with van der Waals surface area (Å²) in [6.07, 6.45) is -7.63. The van der Waals surface area contributed by atoms with Gasteiger partial charge in [0, 0.05) is 0 Å². The van der Waals surface area contributed by atoms with Gasteiger partial charge in [0.2, 0.25) is 0 Å². The van der Waals surface area contributed by atoms with Crippen molar-refractivity contribution in [3.05, 3.63) is 30.1 Å². The summed E-state index contributed by atoms with van der Waals surface area (Å²) in [4.78, 5) is 15.4. The highest BCUT2D eigenvalue weighted by Gasteiger charge is 2.37. The summed E-state index contributed by atoms with van der Waals surface area (Å²) in [6.45, 7) is 1.52. The van der Waals surface area contributed by atoms with Crippen LogP contribution in [0.3, 0.4) is 0 Å². The molecule has 2 aromatic rings. The van der Waals surface area contributed by atoms with E-state index in [4.69, 9.17) is 0 Å². The lowest BCUT2D eigenvalue weighted by molar-refractivity contribution is -0.169. The van der Waals surface area contributed by atoms with Crippen molar-refractivity contribution in [3.8, 4) is 0 Å². The Morgan fingerprint density at radius 2 is 1.74 bits per heavy atom. The zero-order valence-corrected chi connectivity index (χ0v) is 12.3. The number of aromatic nitrogens is 3. The third-order valence-corrected chi connectivity index (χ3v) is 3.17. The van der Waals surface area contributed by atoms with E-state index in [1.54, 1.807) is 24.3 Å². The first kappa shape index (κ1) is 17.2. The van der Waals surface area contributed by atoms with Gasteiger partial charge >= 0.3 is 5.97 Å². The molecule has 0 amide bonds. The van der Waals surface area contributed by atoms with Crippen molar-refractivity contribution in [1.29, 1.82) is 0 Å². The molecule has 2 rings (SSSR count). The molecule has 124 valence electrons. The fraction of sp³-hybridized carbons (Fsp3) is 0.429. The number of esters is 1. The number of carbonyl (C=O) groups is 1. The minimum Gasteiger partial charge on any atom is -0.464 e. The number of aliphatic hydroxyl groups excluding tert-OH is 4. The minimum absolute atomic E-state index is 0.00102. The maximum absolute atomic E-state index is 11.4. The number of fused-ring (bicyclic) bond motifs is 1. The molecule has 1 aromatic carbocycles. The smallest absolute Gasteiger partial charge is 0.337 e. The van der Waals surface area contributed by atoms with E-state index in [0.717, 1.165) is 0 Å². The predicted molar refractivity (Wildman–Crippen MR) is 76.9 cm³/mol. The molecule has 0 spiro atoms. The fourth-order valence-electron chi connectivity index (χ4n) is 1.91. The molecule has 0 aliphatic heterocycles. The normalized spacial score (nSPS) is 16.6. The molecule has 4 N–H and O–H groups in total. The van der Waals surface area contributed by atoms with Crippen molar-refractivity contribution in [2.75, 3.05) is 6.61 Å². The Bertz CT molecular complexity index is 682. The molecule has 1 aromatic heterocycles. The average molecular weight is 323 g/mol. The first-order valence-electron chi connectivity index (χ1n) is 6.94. The van der Waals surface area contributed by atoms with E-state index in [1.165, 1.54) is 6.92 Å². The highest BCUT2D eigenvalue weighted by molar-refractivity contribution is 5.75. The Labute approximate surface area is 131 Å². The quantitative estimate of drug-likeness (QED) is 0.476. The van der Waals surface area contributed by atoms with Crippen LogP contribution in [0, 0.1) is 0 Å². The van der Waals surface area contributed by atoms with E-state index >= 15 is 0 Å². The van der Waals surface area contributed by atoms with Gasteiger partial charge in [-0.2, -0.15) is 0 Å². The number of carbonyl (C=O) groups excluding carboxylic acids is 1. The molecule has 0 aliphatic rings. The zero-order valence-electron chi connectivity index (χ0n) is 12.3. The standard InChI is InChI=1S/C14H17N3O6/c1-2-23-14(22)12(21)10(19)9(18)11(20)13-15-7-5-3-4-6-8(7)16-17-13/h3-6,9-12,18-21H,2H2,1H3. The monoisotopic (exact) mass is 323 g/mol. The summed E-state index contributed by atoms with van der Waals surface area (Å²) in [7, 11) is 0. The summed E-state index contributed by atoms with van der Waals surface area (Å²) >= 11 is 0. The van der Waals surface area contributed by atoms with Gasteiger partial charge in [-0.15, -0.1) is 10.2 Å². The van der Waals surface area contributed by atoms with Gasteiger partial charge < -0.3 is 25.2 Å². The van der Waals surface area contributed by atoms with Crippen molar-refractivity contribution in [2.24, 2.45) is 0 Å². The van der Waals surface area contributed by atoms with Gasteiger partial charge in [-0.25, -0.2) is 9.78 Å². The molecular weight excluding hydrogens is 306 g/mol. The van der Waals surface area contributed by atoms with Crippen LogP contribution >= 0.6 is 0 Å². The maximum Gasteiger partial charge on any atom is 0.337 e. The summed E-state index contributed by atoms with van der Waals surface area (Å²) < 4.78 is 4.53. The molecule has 23 heavy (non-hydrogen) atoms. The van der Waals surface area contributed by atoms with Gasteiger partial charge in [0.25, 0.3) is 0 Å². The van der Waals surface area contributed by atoms with Crippen LogP contribution in [0.15, 0.2) is 24.3 Å². The molecule has 0 saturated carbocycles. The van der Waals surface area contributed by atoms with E-state index in [0.29, 0.717) is 11.0 Å². The zero-order chi connectivity index (χ0) is 17.0. The Balaban J connectivity index is 2.16. The number of hydrogen-bond donors (Lipinski definition) is 4. The predicted octanol–water partition coefficient (Wildman–Crippen LogP) is -1.30. The van der Waals surface area contributed by atoms with E-state index in [1.807, 2.05) is 0 Å². The highest BCUT2D eigenvalue weighted by atomic mass is 16.5. The molecule has 1 heterocycles. The second-order valence-corrected chi connectivity index (χ2v) is 4.78. The van der Waals surface area contributed by atoms with Crippen LogP contribution in [0.4, 0.5) is 0 Å². The SMILES string of the molecule is CCOC(=O)C(O)C(O)C(O)C(O)c1nnc2ccccc2n1. The van der Waals surface area contributed by atoms with Crippen molar-refractivity contribution >= 4 is 17.0 Å². The molecule has 0 aliphatic carbocycles. The second-order valence-electron chi connectivity index (χ2n) is 4.78. The third kappa shape index (κ3) is 3.77. The van der Waals surface area contributed by atoms with Crippen molar-refractivity contribution < 1.29 is 30.0 Å². The molecular formula is C14H17N3O6. The largest absolute Gasteiger partial charge is 0.464 e. The van der Waals surface area contributed by atoms with E-state index < -0.39 is 30.4 Å².